The van der Waals surface area contributed by atoms with Crippen LogP contribution in [0.4, 0.5) is 0 Å². The molecule has 0 fully saturated rings. The van der Waals surface area contributed by atoms with E-state index in [1.807, 2.05) is 6.07 Å². The lowest BCUT2D eigenvalue weighted by Crippen LogP contribution is -2.20. The van der Waals surface area contributed by atoms with Crippen molar-refractivity contribution in [2.24, 2.45) is 0 Å². The van der Waals surface area contributed by atoms with E-state index in [4.69, 9.17) is 16.9 Å². The van der Waals surface area contributed by atoms with Crippen LogP contribution in [-0.4, -0.2) is 6.54 Å². The lowest BCUT2D eigenvalue weighted by atomic mass is 10.0. The monoisotopic (exact) mass is 195 g/mol. The molecule has 1 N–H and O–H groups in total. The fraction of sp³-hybridized carbons (Fsp3) is 0.167. The Labute approximate surface area is 89.0 Å². The van der Waals surface area contributed by atoms with Crippen LogP contribution in [0.15, 0.2) is 24.3 Å². The normalized spacial score (nSPS) is 10.7. The molecule has 0 heterocycles. The molecule has 0 saturated carbocycles. The van der Waals surface area contributed by atoms with Gasteiger partial charge in [0.05, 0.1) is 24.2 Å². The minimum absolute atomic E-state index is 0.304. The third kappa shape index (κ3) is 2.58. The van der Waals surface area contributed by atoms with Crippen molar-refractivity contribution >= 4 is 0 Å². The first kappa shape index (κ1) is 10.8. The Bertz CT molecular complexity index is 457. The average molecular weight is 195 g/mol. The summed E-state index contributed by atoms with van der Waals surface area (Å²) in [6.07, 6.45) is 5.09. The van der Waals surface area contributed by atoms with Gasteiger partial charge in [-0.2, -0.15) is 10.5 Å². The van der Waals surface area contributed by atoms with E-state index < -0.39 is 6.04 Å². The summed E-state index contributed by atoms with van der Waals surface area (Å²) in [5.41, 5.74) is 1.16. The Balaban J connectivity index is 2.99. The number of benzene rings is 1. The molecule has 0 radical (unpaired) electrons. The zero-order valence-corrected chi connectivity index (χ0v) is 8.07. The van der Waals surface area contributed by atoms with Gasteiger partial charge in [-0.3, -0.25) is 5.32 Å². The first-order valence-corrected chi connectivity index (χ1v) is 4.39. The highest BCUT2D eigenvalue weighted by atomic mass is 14.9. The van der Waals surface area contributed by atoms with E-state index in [1.165, 1.54) is 0 Å². The van der Waals surface area contributed by atoms with E-state index in [1.54, 1.807) is 24.3 Å². The van der Waals surface area contributed by atoms with Crippen molar-refractivity contribution in [3.05, 3.63) is 35.4 Å². The Hall–Kier alpha value is -2.28. The second-order valence-corrected chi connectivity index (χ2v) is 2.85. The first-order valence-electron chi connectivity index (χ1n) is 4.39. The summed E-state index contributed by atoms with van der Waals surface area (Å²) in [6.45, 7) is 0.304. The summed E-state index contributed by atoms with van der Waals surface area (Å²) < 4.78 is 0. The van der Waals surface area contributed by atoms with Crippen LogP contribution in [-0.2, 0) is 0 Å². The van der Waals surface area contributed by atoms with Crippen molar-refractivity contribution in [3.8, 4) is 24.5 Å². The lowest BCUT2D eigenvalue weighted by Gasteiger charge is -2.10. The van der Waals surface area contributed by atoms with Gasteiger partial charge in [0.15, 0.2) is 0 Å². The summed E-state index contributed by atoms with van der Waals surface area (Å²) in [5, 5.41) is 20.7. The molecule has 1 unspecified atom stereocenters. The fourth-order valence-electron chi connectivity index (χ4n) is 1.24. The van der Waals surface area contributed by atoms with Crippen molar-refractivity contribution in [1.82, 2.24) is 5.32 Å². The number of nitriles is 2. The highest BCUT2D eigenvalue weighted by Crippen LogP contribution is 2.16. The molecule has 0 aromatic heterocycles. The van der Waals surface area contributed by atoms with Crippen LogP contribution in [0.25, 0.3) is 0 Å². The quantitative estimate of drug-likeness (QED) is 0.740. The average Bonchev–Trinajstić information content (AvgIpc) is 2.30. The number of nitrogens with zero attached hydrogens (tertiary/aromatic N) is 2. The molecule has 0 amide bonds. The number of hydrogen-bond acceptors (Lipinski definition) is 3. The van der Waals surface area contributed by atoms with Gasteiger partial charge in [-0.15, -0.1) is 6.42 Å². The van der Waals surface area contributed by atoms with Crippen molar-refractivity contribution < 1.29 is 0 Å². The third-order valence-electron chi connectivity index (χ3n) is 1.93. The molecule has 1 aromatic carbocycles. The smallest absolute Gasteiger partial charge is 0.123 e. The Kier molecular flexibility index (Phi) is 3.92. The van der Waals surface area contributed by atoms with Crippen molar-refractivity contribution in [3.63, 3.8) is 0 Å². The number of hydrogen-bond donors (Lipinski definition) is 1. The molecule has 0 bridgehead atoms. The standard InChI is InChI=1S/C12H9N3/c1-2-7-15-12(9-14)11-6-4-3-5-10(11)8-13/h1,3-6,12,15H,7H2. The summed E-state index contributed by atoms with van der Waals surface area (Å²) >= 11 is 0. The van der Waals surface area contributed by atoms with Crippen molar-refractivity contribution in [2.75, 3.05) is 6.54 Å². The molecule has 72 valence electrons. The molecular weight excluding hydrogens is 186 g/mol. The molecule has 0 aliphatic heterocycles. The van der Waals surface area contributed by atoms with Crippen LogP contribution in [0, 0.1) is 35.0 Å². The second-order valence-electron chi connectivity index (χ2n) is 2.85. The van der Waals surface area contributed by atoms with Gasteiger partial charge < -0.3 is 0 Å². The number of terminal acetylenes is 1. The van der Waals surface area contributed by atoms with Crippen LogP contribution in [0.2, 0.25) is 0 Å². The molecule has 15 heavy (non-hydrogen) atoms. The number of nitrogens with one attached hydrogen (secondary N) is 1. The zero-order chi connectivity index (χ0) is 11.1. The van der Waals surface area contributed by atoms with E-state index in [-0.39, 0.29) is 0 Å². The maximum absolute atomic E-state index is 8.94. The van der Waals surface area contributed by atoms with Gasteiger partial charge in [-0.1, -0.05) is 24.1 Å². The molecule has 0 spiro atoms. The third-order valence-corrected chi connectivity index (χ3v) is 1.93. The second kappa shape index (κ2) is 5.45. The highest BCUT2D eigenvalue weighted by molar-refractivity contribution is 5.41. The Morgan fingerprint density at radius 2 is 2.07 bits per heavy atom. The Morgan fingerprint density at radius 1 is 1.33 bits per heavy atom. The highest BCUT2D eigenvalue weighted by Gasteiger charge is 2.12. The van der Waals surface area contributed by atoms with Crippen LogP contribution >= 0.6 is 0 Å². The minimum atomic E-state index is -0.531. The van der Waals surface area contributed by atoms with E-state index in [9.17, 15) is 0 Å². The largest absolute Gasteiger partial charge is 0.287 e. The van der Waals surface area contributed by atoms with Crippen molar-refractivity contribution in [2.45, 2.75) is 6.04 Å². The number of rotatable bonds is 3. The van der Waals surface area contributed by atoms with Crippen LogP contribution < -0.4 is 5.32 Å². The molecule has 1 aromatic rings. The molecule has 3 heteroatoms. The minimum Gasteiger partial charge on any atom is -0.287 e. The van der Waals surface area contributed by atoms with Gasteiger partial charge in [-0.25, -0.2) is 0 Å². The zero-order valence-electron chi connectivity index (χ0n) is 8.07. The molecule has 1 rings (SSSR count). The summed E-state index contributed by atoms with van der Waals surface area (Å²) in [6, 6.07) is 10.6. The molecule has 1 atom stereocenters. The van der Waals surface area contributed by atoms with Crippen LogP contribution in [0.1, 0.15) is 17.2 Å². The summed E-state index contributed by atoms with van der Waals surface area (Å²) in [4.78, 5) is 0. The van der Waals surface area contributed by atoms with Crippen molar-refractivity contribution in [1.29, 1.82) is 10.5 Å². The van der Waals surface area contributed by atoms with Gasteiger partial charge in [0.25, 0.3) is 0 Å². The maximum atomic E-state index is 8.94. The van der Waals surface area contributed by atoms with Crippen LogP contribution in [0.5, 0.6) is 0 Å². The topological polar surface area (TPSA) is 59.6 Å². The molecule has 0 aliphatic carbocycles. The van der Waals surface area contributed by atoms with Gasteiger partial charge in [0.1, 0.15) is 6.04 Å². The maximum Gasteiger partial charge on any atom is 0.123 e. The van der Waals surface area contributed by atoms with Gasteiger partial charge in [-0.05, 0) is 6.07 Å². The SMILES string of the molecule is C#CCNC(C#N)c1ccccc1C#N. The lowest BCUT2D eigenvalue weighted by molar-refractivity contribution is 0.689. The molecule has 3 nitrogen and oxygen atoms in total. The van der Waals surface area contributed by atoms with Crippen LogP contribution in [0.3, 0.4) is 0 Å². The molecule has 0 saturated heterocycles. The predicted molar refractivity (Wildman–Crippen MR) is 56.3 cm³/mol. The van der Waals surface area contributed by atoms with E-state index in [2.05, 4.69) is 17.3 Å². The fourth-order valence-corrected chi connectivity index (χ4v) is 1.24. The first-order chi connectivity index (χ1) is 7.33. The van der Waals surface area contributed by atoms with E-state index >= 15 is 0 Å². The molecule has 0 aliphatic rings. The van der Waals surface area contributed by atoms with E-state index in [0.717, 1.165) is 0 Å². The van der Waals surface area contributed by atoms with Gasteiger partial charge >= 0.3 is 0 Å². The summed E-state index contributed by atoms with van der Waals surface area (Å²) in [7, 11) is 0. The van der Waals surface area contributed by atoms with E-state index in [0.29, 0.717) is 17.7 Å². The summed E-state index contributed by atoms with van der Waals surface area (Å²) in [5.74, 6) is 2.39. The Morgan fingerprint density at radius 3 is 2.67 bits per heavy atom. The molecular formula is C12H9N3. The van der Waals surface area contributed by atoms with Gasteiger partial charge in [0.2, 0.25) is 0 Å². The van der Waals surface area contributed by atoms with Gasteiger partial charge in [0, 0.05) is 5.56 Å². The predicted octanol–water partition coefficient (Wildman–Crippen LogP) is 1.35.